The number of hydrogen-bond acceptors (Lipinski definition) is 5. The summed E-state index contributed by atoms with van der Waals surface area (Å²) in [7, 11) is -7.55. The third-order valence-electron chi connectivity index (χ3n) is 4.82. The van der Waals surface area contributed by atoms with Crippen molar-refractivity contribution < 1.29 is 21.9 Å². The van der Waals surface area contributed by atoms with Gasteiger partial charge in [-0.1, -0.05) is 35.4 Å². The van der Waals surface area contributed by atoms with E-state index in [1.807, 2.05) is 13.8 Å². The van der Waals surface area contributed by atoms with E-state index in [9.17, 15) is 21.9 Å². The fraction of sp³-hybridized carbons (Fsp3) is 0.368. The first-order valence-electron chi connectivity index (χ1n) is 8.93. The summed E-state index contributed by atoms with van der Waals surface area (Å²) in [6.45, 7) is 3.72. The Morgan fingerprint density at radius 2 is 1.18 bits per heavy atom. The summed E-state index contributed by atoms with van der Waals surface area (Å²) in [4.78, 5) is 0.241. The molecule has 7 nitrogen and oxygen atoms in total. The molecule has 0 unspecified atom stereocenters. The standard InChI is InChI=1S/C19H24N2O5S2/c1-13-3-7-16(8-4-13)27(23,24)20-15-11-18(19(22)12-15)21-28(25,26)17-9-5-14(2)6-10-17/h3-10,15,18-22H,11-12H2,1-2H3/t15-,18+,19+/m1/s1. The topological polar surface area (TPSA) is 113 Å². The molecule has 0 aromatic heterocycles. The van der Waals surface area contributed by atoms with E-state index < -0.39 is 38.2 Å². The first-order valence-corrected chi connectivity index (χ1v) is 11.9. The van der Waals surface area contributed by atoms with Crippen LogP contribution in [-0.2, 0) is 20.0 Å². The molecule has 152 valence electrons. The summed E-state index contributed by atoms with van der Waals surface area (Å²) in [5.41, 5.74) is 1.88. The van der Waals surface area contributed by atoms with Crippen LogP contribution in [0.3, 0.4) is 0 Å². The lowest BCUT2D eigenvalue weighted by atomic mass is 10.2. The second-order valence-corrected chi connectivity index (χ2v) is 10.6. The van der Waals surface area contributed by atoms with Crippen molar-refractivity contribution in [2.24, 2.45) is 0 Å². The Morgan fingerprint density at radius 3 is 1.64 bits per heavy atom. The molecular formula is C19H24N2O5S2. The fourth-order valence-electron chi connectivity index (χ4n) is 3.23. The first-order chi connectivity index (χ1) is 13.1. The van der Waals surface area contributed by atoms with Crippen molar-refractivity contribution in [2.45, 2.75) is 54.7 Å². The summed E-state index contributed by atoms with van der Waals surface area (Å²) in [6.07, 6.45) is -0.685. The molecule has 0 saturated heterocycles. The Morgan fingerprint density at radius 1 is 0.750 bits per heavy atom. The van der Waals surface area contributed by atoms with Gasteiger partial charge in [0.25, 0.3) is 0 Å². The maximum absolute atomic E-state index is 12.5. The van der Waals surface area contributed by atoms with Gasteiger partial charge in [-0.15, -0.1) is 0 Å². The molecule has 3 rings (SSSR count). The Kier molecular flexibility index (Phi) is 5.92. The van der Waals surface area contributed by atoms with Crippen LogP contribution in [0.2, 0.25) is 0 Å². The molecule has 9 heteroatoms. The SMILES string of the molecule is Cc1ccc(S(=O)(=O)N[C@@H]2C[C@H](NS(=O)(=O)c3ccc(C)cc3)[C@@H](O)C2)cc1. The Bertz CT molecular complexity index is 1030. The molecule has 1 aliphatic carbocycles. The third-order valence-corrected chi connectivity index (χ3v) is 7.86. The summed E-state index contributed by atoms with van der Waals surface area (Å²) in [5, 5.41) is 10.3. The maximum Gasteiger partial charge on any atom is 0.240 e. The molecule has 0 aliphatic heterocycles. The van der Waals surface area contributed by atoms with Gasteiger partial charge in [-0.3, -0.25) is 0 Å². The quantitative estimate of drug-likeness (QED) is 0.650. The van der Waals surface area contributed by atoms with Crippen LogP contribution >= 0.6 is 0 Å². The fourth-order valence-corrected chi connectivity index (χ4v) is 5.77. The molecule has 3 N–H and O–H groups in total. The molecule has 0 radical (unpaired) electrons. The van der Waals surface area contributed by atoms with E-state index in [-0.39, 0.29) is 22.6 Å². The minimum absolute atomic E-state index is 0.106. The molecule has 0 spiro atoms. The first kappa shape index (κ1) is 20.9. The van der Waals surface area contributed by atoms with Gasteiger partial charge in [-0.2, -0.15) is 0 Å². The van der Waals surface area contributed by atoms with Crippen LogP contribution in [-0.4, -0.2) is 40.1 Å². The summed E-state index contributed by atoms with van der Waals surface area (Å²) in [5.74, 6) is 0. The number of nitrogens with one attached hydrogen (secondary N) is 2. The Labute approximate surface area is 165 Å². The van der Waals surface area contributed by atoms with Gasteiger partial charge in [0.2, 0.25) is 20.0 Å². The van der Waals surface area contributed by atoms with E-state index in [4.69, 9.17) is 0 Å². The molecule has 3 atom stereocenters. The van der Waals surface area contributed by atoms with Crippen molar-refractivity contribution in [3.8, 4) is 0 Å². The van der Waals surface area contributed by atoms with Gasteiger partial charge in [0.1, 0.15) is 0 Å². The van der Waals surface area contributed by atoms with Gasteiger partial charge in [0.05, 0.1) is 15.9 Å². The van der Waals surface area contributed by atoms with Crippen molar-refractivity contribution in [1.82, 2.24) is 9.44 Å². The molecule has 1 fully saturated rings. The molecule has 2 aromatic carbocycles. The normalized spacial score (nSPS) is 23.0. The predicted octanol–water partition coefficient (Wildman–Crippen LogP) is 1.45. The zero-order chi connectivity index (χ0) is 20.5. The zero-order valence-electron chi connectivity index (χ0n) is 15.7. The second kappa shape index (κ2) is 7.92. The van der Waals surface area contributed by atoms with E-state index in [1.54, 1.807) is 24.3 Å². The maximum atomic E-state index is 12.5. The van der Waals surface area contributed by atoms with Gasteiger partial charge in [0.15, 0.2) is 0 Å². The summed E-state index contributed by atoms with van der Waals surface area (Å²) >= 11 is 0. The monoisotopic (exact) mass is 424 g/mol. The van der Waals surface area contributed by atoms with Crippen LogP contribution in [0.15, 0.2) is 58.3 Å². The smallest absolute Gasteiger partial charge is 0.240 e. The molecule has 1 saturated carbocycles. The second-order valence-electron chi connectivity index (χ2n) is 7.21. The highest BCUT2D eigenvalue weighted by atomic mass is 32.2. The molecule has 2 aromatic rings. The highest BCUT2D eigenvalue weighted by Gasteiger charge is 2.37. The minimum Gasteiger partial charge on any atom is -0.391 e. The third kappa shape index (κ3) is 4.79. The Balaban J connectivity index is 1.68. The number of hydrogen-bond donors (Lipinski definition) is 3. The number of aliphatic hydroxyl groups excluding tert-OH is 1. The lowest BCUT2D eigenvalue weighted by Gasteiger charge is -2.17. The summed E-state index contributed by atoms with van der Waals surface area (Å²) < 4.78 is 55.2. The number of benzene rings is 2. The molecule has 0 amide bonds. The largest absolute Gasteiger partial charge is 0.391 e. The van der Waals surface area contributed by atoms with Crippen molar-refractivity contribution in [3.63, 3.8) is 0 Å². The van der Waals surface area contributed by atoms with Crippen LogP contribution in [0.4, 0.5) is 0 Å². The molecule has 0 bridgehead atoms. The molecular weight excluding hydrogens is 400 g/mol. The van der Waals surface area contributed by atoms with Gasteiger partial charge in [0, 0.05) is 12.1 Å². The van der Waals surface area contributed by atoms with Gasteiger partial charge < -0.3 is 5.11 Å². The van der Waals surface area contributed by atoms with Crippen LogP contribution in [0, 0.1) is 13.8 Å². The molecule has 1 aliphatic rings. The number of aryl methyl sites for hydroxylation is 2. The zero-order valence-corrected chi connectivity index (χ0v) is 17.3. The highest BCUT2D eigenvalue weighted by molar-refractivity contribution is 7.89. The number of sulfonamides is 2. The van der Waals surface area contributed by atoms with Crippen LogP contribution < -0.4 is 9.44 Å². The van der Waals surface area contributed by atoms with Crippen molar-refractivity contribution in [1.29, 1.82) is 0 Å². The van der Waals surface area contributed by atoms with Gasteiger partial charge in [-0.05, 0) is 51.0 Å². The highest BCUT2D eigenvalue weighted by Crippen LogP contribution is 2.24. The van der Waals surface area contributed by atoms with Crippen molar-refractivity contribution >= 4 is 20.0 Å². The lowest BCUT2D eigenvalue weighted by molar-refractivity contribution is 0.157. The average molecular weight is 425 g/mol. The average Bonchev–Trinajstić information content (AvgIpc) is 2.93. The number of aliphatic hydroxyl groups is 1. The minimum atomic E-state index is -3.80. The van der Waals surface area contributed by atoms with Crippen molar-refractivity contribution in [2.75, 3.05) is 0 Å². The summed E-state index contributed by atoms with van der Waals surface area (Å²) in [6, 6.07) is 11.5. The van der Waals surface area contributed by atoms with E-state index in [0.29, 0.717) is 0 Å². The van der Waals surface area contributed by atoms with Crippen LogP contribution in [0.5, 0.6) is 0 Å². The van der Waals surface area contributed by atoms with E-state index in [0.717, 1.165) is 11.1 Å². The van der Waals surface area contributed by atoms with E-state index in [1.165, 1.54) is 24.3 Å². The lowest BCUT2D eigenvalue weighted by Crippen LogP contribution is -2.40. The van der Waals surface area contributed by atoms with Gasteiger partial charge >= 0.3 is 0 Å². The van der Waals surface area contributed by atoms with Crippen LogP contribution in [0.1, 0.15) is 24.0 Å². The van der Waals surface area contributed by atoms with Gasteiger partial charge in [-0.25, -0.2) is 26.3 Å². The van der Waals surface area contributed by atoms with E-state index >= 15 is 0 Å². The predicted molar refractivity (Wildman–Crippen MR) is 106 cm³/mol. The molecule has 0 heterocycles. The Hall–Kier alpha value is -1.78. The van der Waals surface area contributed by atoms with E-state index in [2.05, 4.69) is 9.44 Å². The molecule has 28 heavy (non-hydrogen) atoms. The van der Waals surface area contributed by atoms with Crippen LogP contribution in [0.25, 0.3) is 0 Å². The number of rotatable bonds is 6. The van der Waals surface area contributed by atoms with Crippen molar-refractivity contribution in [3.05, 3.63) is 59.7 Å².